The lowest BCUT2D eigenvalue weighted by Crippen LogP contribution is -2.16. The molecule has 0 fully saturated rings. The molecule has 0 heterocycles. The van der Waals surface area contributed by atoms with Crippen LogP contribution in [0.25, 0.3) is 0 Å². The Labute approximate surface area is 118 Å². The highest BCUT2D eigenvalue weighted by Gasteiger charge is 2.15. The maximum atomic E-state index is 13.4. The van der Waals surface area contributed by atoms with Gasteiger partial charge in [0.2, 0.25) is 5.91 Å². The zero-order valence-corrected chi connectivity index (χ0v) is 10.8. The second-order valence-electron chi connectivity index (χ2n) is 4.04. The molecule has 0 aliphatic carbocycles. The summed E-state index contributed by atoms with van der Waals surface area (Å²) < 4.78 is 39.1. The molecule has 6 heteroatoms. The molecule has 0 aliphatic heterocycles. The first kappa shape index (κ1) is 14.4. The van der Waals surface area contributed by atoms with Crippen molar-refractivity contribution in [1.82, 2.24) is 0 Å². The van der Waals surface area contributed by atoms with Gasteiger partial charge in [-0.25, -0.2) is 13.2 Å². The second-order valence-corrected chi connectivity index (χ2v) is 4.45. The lowest BCUT2D eigenvalue weighted by molar-refractivity contribution is -0.115. The van der Waals surface area contributed by atoms with E-state index in [1.807, 2.05) is 0 Å². The SMILES string of the molecule is O=C(Cc1ccccc1Cl)Nc1ccc(F)c(F)c1F. The summed E-state index contributed by atoms with van der Waals surface area (Å²) in [7, 11) is 0. The van der Waals surface area contributed by atoms with Crippen molar-refractivity contribution < 1.29 is 18.0 Å². The zero-order chi connectivity index (χ0) is 14.7. The quantitative estimate of drug-likeness (QED) is 0.855. The van der Waals surface area contributed by atoms with E-state index < -0.39 is 29.0 Å². The molecule has 104 valence electrons. The molecule has 0 aliphatic rings. The van der Waals surface area contributed by atoms with Gasteiger partial charge in [0.05, 0.1) is 12.1 Å². The number of hydrogen-bond donors (Lipinski definition) is 1. The molecule has 2 aromatic carbocycles. The lowest BCUT2D eigenvalue weighted by atomic mass is 10.1. The third-order valence-electron chi connectivity index (χ3n) is 2.62. The van der Waals surface area contributed by atoms with E-state index in [4.69, 9.17) is 11.6 Å². The fourth-order valence-corrected chi connectivity index (χ4v) is 1.83. The van der Waals surface area contributed by atoms with Crippen molar-refractivity contribution in [1.29, 1.82) is 0 Å². The minimum absolute atomic E-state index is 0.0991. The molecule has 1 N–H and O–H groups in total. The van der Waals surface area contributed by atoms with Crippen molar-refractivity contribution in [3.8, 4) is 0 Å². The topological polar surface area (TPSA) is 29.1 Å². The van der Waals surface area contributed by atoms with Crippen molar-refractivity contribution in [3.63, 3.8) is 0 Å². The van der Waals surface area contributed by atoms with Crippen LogP contribution >= 0.6 is 11.6 Å². The van der Waals surface area contributed by atoms with Crippen LogP contribution in [0.15, 0.2) is 36.4 Å². The minimum atomic E-state index is -1.62. The van der Waals surface area contributed by atoms with Crippen LogP contribution in [0.2, 0.25) is 5.02 Å². The number of anilines is 1. The van der Waals surface area contributed by atoms with E-state index in [1.165, 1.54) is 0 Å². The smallest absolute Gasteiger partial charge is 0.228 e. The summed E-state index contributed by atoms with van der Waals surface area (Å²) in [5.74, 6) is -4.95. The van der Waals surface area contributed by atoms with Crippen LogP contribution in [0.4, 0.5) is 18.9 Å². The van der Waals surface area contributed by atoms with E-state index in [2.05, 4.69) is 5.32 Å². The van der Waals surface area contributed by atoms with Gasteiger partial charge in [0, 0.05) is 5.02 Å². The number of halogens is 4. The first-order valence-electron chi connectivity index (χ1n) is 5.66. The van der Waals surface area contributed by atoms with E-state index in [0.717, 1.165) is 12.1 Å². The van der Waals surface area contributed by atoms with Crippen LogP contribution in [-0.4, -0.2) is 5.91 Å². The maximum absolute atomic E-state index is 13.4. The average molecular weight is 300 g/mol. The van der Waals surface area contributed by atoms with Gasteiger partial charge in [0.15, 0.2) is 17.5 Å². The Morgan fingerprint density at radius 1 is 1.05 bits per heavy atom. The number of amides is 1. The van der Waals surface area contributed by atoms with Gasteiger partial charge in [-0.05, 0) is 23.8 Å². The normalized spacial score (nSPS) is 10.4. The minimum Gasteiger partial charge on any atom is -0.323 e. The molecule has 0 radical (unpaired) electrons. The molecule has 20 heavy (non-hydrogen) atoms. The summed E-state index contributed by atoms with van der Waals surface area (Å²) in [4.78, 5) is 11.7. The van der Waals surface area contributed by atoms with Gasteiger partial charge in [-0.15, -0.1) is 0 Å². The predicted molar refractivity (Wildman–Crippen MR) is 70.1 cm³/mol. The average Bonchev–Trinajstić information content (AvgIpc) is 2.42. The molecule has 0 bridgehead atoms. The maximum Gasteiger partial charge on any atom is 0.228 e. The second kappa shape index (κ2) is 5.96. The molecule has 0 saturated carbocycles. The van der Waals surface area contributed by atoms with E-state index in [-0.39, 0.29) is 6.42 Å². The summed E-state index contributed by atoms with van der Waals surface area (Å²) in [6.07, 6.45) is -0.0991. The predicted octanol–water partition coefficient (Wildman–Crippen LogP) is 3.94. The molecule has 0 unspecified atom stereocenters. The molecule has 0 saturated heterocycles. The van der Waals surface area contributed by atoms with Gasteiger partial charge >= 0.3 is 0 Å². The zero-order valence-electron chi connectivity index (χ0n) is 10.1. The first-order valence-corrected chi connectivity index (χ1v) is 6.03. The molecule has 0 spiro atoms. The van der Waals surface area contributed by atoms with Crippen LogP contribution in [-0.2, 0) is 11.2 Å². The van der Waals surface area contributed by atoms with Crippen LogP contribution < -0.4 is 5.32 Å². The third kappa shape index (κ3) is 3.11. The highest BCUT2D eigenvalue weighted by Crippen LogP contribution is 2.21. The Balaban J connectivity index is 2.13. The summed E-state index contributed by atoms with van der Waals surface area (Å²) >= 11 is 5.88. The van der Waals surface area contributed by atoms with E-state index in [0.29, 0.717) is 10.6 Å². The number of nitrogens with one attached hydrogen (secondary N) is 1. The fraction of sp³-hybridized carbons (Fsp3) is 0.0714. The molecule has 2 nitrogen and oxygen atoms in total. The van der Waals surface area contributed by atoms with Crippen LogP contribution in [0.5, 0.6) is 0 Å². The van der Waals surface area contributed by atoms with Crippen LogP contribution in [0.1, 0.15) is 5.56 Å². The molecule has 1 amide bonds. The van der Waals surface area contributed by atoms with Crippen molar-refractivity contribution in [3.05, 3.63) is 64.4 Å². The number of carbonyl (C=O) groups is 1. The molecular formula is C14H9ClF3NO. The molecule has 2 rings (SSSR count). The van der Waals surface area contributed by atoms with Gasteiger partial charge in [-0.2, -0.15) is 0 Å². The molecule has 0 atom stereocenters. The third-order valence-corrected chi connectivity index (χ3v) is 2.99. The fourth-order valence-electron chi connectivity index (χ4n) is 1.63. The van der Waals surface area contributed by atoms with Crippen molar-refractivity contribution in [2.24, 2.45) is 0 Å². The summed E-state index contributed by atoms with van der Waals surface area (Å²) in [5, 5.41) is 2.57. The van der Waals surface area contributed by atoms with Gasteiger partial charge in [-0.3, -0.25) is 4.79 Å². The molecular weight excluding hydrogens is 291 g/mol. The number of hydrogen-bond acceptors (Lipinski definition) is 1. The summed E-state index contributed by atoms with van der Waals surface area (Å²) in [5.41, 5.74) is 0.135. The Kier molecular flexibility index (Phi) is 4.29. The Bertz CT molecular complexity index is 661. The van der Waals surface area contributed by atoms with E-state index >= 15 is 0 Å². The van der Waals surface area contributed by atoms with Gasteiger partial charge in [-0.1, -0.05) is 29.8 Å². The summed E-state index contributed by atoms with van der Waals surface area (Å²) in [6, 6.07) is 8.36. The van der Waals surface area contributed by atoms with Gasteiger partial charge in [0.1, 0.15) is 0 Å². The summed E-state index contributed by atoms with van der Waals surface area (Å²) in [6.45, 7) is 0. The Hall–Kier alpha value is -2.01. The monoisotopic (exact) mass is 299 g/mol. The van der Waals surface area contributed by atoms with Crippen LogP contribution in [0, 0.1) is 17.5 Å². The van der Waals surface area contributed by atoms with Gasteiger partial charge < -0.3 is 5.32 Å². The number of rotatable bonds is 3. The number of carbonyl (C=O) groups excluding carboxylic acids is 1. The van der Waals surface area contributed by atoms with Crippen molar-refractivity contribution in [2.75, 3.05) is 5.32 Å². The largest absolute Gasteiger partial charge is 0.323 e. The molecule has 0 aromatic heterocycles. The highest BCUT2D eigenvalue weighted by atomic mass is 35.5. The molecule has 2 aromatic rings. The van der Waals surface area contributed by atoms with Crippen LogP contribution in [0.3, 0.4) is 0 Å². The van der Waals surface area contributed by atoms with Crippen molar-refractivity contribution >= 4 is 23.2 Å². The highest BCUT2D eigenvalue weighted by molar-refractivity contribution is 6.31. The van der Waals surface area contributed by atoms with Gasteiger partial charge in [0.25, 0.3) is 0 Å². The number of benzene rings is 2. The Morgan fingerprint density at radius 2 is 1.75 bits per heavy atom. The lowest BCUT2D eigenvalue weighted by Gasteiger charge is -2.08. The Morgan fingerprint density at radius 3 is 2.45 bits per heavy atom. The first-order chi connectivity index (χ1) is 9.49. The van der Waals surface area contributed by atoms with E-state index in [9.17, 15) is 18.0 Å². The standard InChI is InChI=1S/C14H9ClF3NO/c15-9-4-2-1-3-8(9)7-12(20)19-11-6-5-10(16)13(17)14(11)18/h1-6H,7H2,(H,19,20). The van der Waals surface area contributed by atoms with E-state index in [1.54, 1.807) is 24.3 Å². The van der Waals surface area contributed by atoms with Crippen molar-refractivity contribution in [2.45, 2.75) is 6.42 Å².